The van der Waals surface area contributed by atoms with Gasteiger partial charge in [-0.3, -0.25) is 4.98 Å². The Morgan fingerprint density at radius 3 is 2.65 bits per heavy atom. The Bertz CT molecular complexity index is 526. The Balaban J connectivity index is 1.89. The summed E-state index contributed by atoms with van der Waals surface area (Å²) in [6, 6.07) is 12.0. The number of rotatable bonds is 7. The molecule has 1 N–H and O–H groups in total. The van der Waals surface area contributed by atoms with Crippen molar-refractivity contribution >= 4 is 5.69 Å². The molecule has 106 valence electrons. The minimum absolute atomic E-state index is 0.465. The summed E-state index contributed by atoms with van der Waals surface area (Å²) in [7, 11) is 3.60. The van der Waals surface area contributed by atoms with Gasteiger partial charge >= 0.3 is 0 Å². The summed E-state index contributed by atoms with van der Waals surface area (Å²) in [6.07, 6.45) is 2.70. The molecule has 0 bridgehead atoms. The predicted octanol–water partition coefficient (Wildman–Crippen LogP) is 2.89. The molecular formula is C16H20N2O2. The second kappa shape index (κ2) is 7.50. The zero-order chi connectivity index (χ0) is 14.2. The van der Waals surface area contributed by atoms with Crippen LogP contribution in [0.1, 0.15) is 11.3 Å². The lowest BCUT2D eigenvalue weighted by Gasteiger charge is -2.08. The van der Waals surface area contributed by atoms with E-state index < -0.39 is 0 Å². The van der Waals surface area contributed by atoms with Gasteiger partial charge in [-0.25, -0.2) is 0 Å². The molecule has 0 atom stereocenters. The smallest absolute Gasteiger partial charge is 0.130 e. The van der Waals surface area contributed by atoms with E-state index in [-0.39, 0.29) is 0 Å². The van der Waals surface area contributed by atoms with Crippen LogP contribution in [0.15, 0.2) is 42.6 Å². The van der Waals surface area contributed by atoms with Crippen LogP contribution in [0.4, 0.5) is 5.69 Å². The first-order valence-corrected chi connectivity index (χ1v) is 6.65. The van der Waals surface area contributed by atoms with E-state index in [2.05, 4.69) is 22.4 Å². The normalized spacial score (nSPS) is 10.3. The van der Waals surface area contributed by atoms with E-state index >= 15 is 0 Å². The lowest BCUT2D eigenvalue weighted by molar-refractivity contribution is 0.202. The Morgan fingerprint density at radius 2 is 1.95 bits per heavy atom. The van der Waals surface area contributed by atoms with Crippen molar-refractivity contribution in [3.63, 3.8) is 0 Å². The Kier molecular flexibility index (Phi) is 5.38. The lowest BCUT2D eigenvalue weighted by atomic mass is 10.1. The maximum absolute atomic E-state index is 5.73. The molecule has 0 aliphatic rings. The fourth-order valence-corrected chi connectivity index (χ4v) is 1.84. The molecule has 1 aromatic heterocycles. The molecule has 0 radical (unpaired) electrons. The second-order valence-corrected chi connectivity index (χ2v) is 4.46. The highest BCUT2D eigenvalue weighted by Gasteiger charge is 1.99. The van der Waals surface area contributed by atoms with Gasteiger partial charge in [0.1, 0.15) is 12.4 Å². The SMILES string of the molecule is CNc1ccnc(COc2ccc(CCOC)cc2)c1. The van der Waals surface area contributed by atoms with E-state index in [1.807, 2.05) is 31.3 Å². The van der Waals surface area contributed by atoms with Gasteiger partial charge in [0, 0.05) is 26.0 Å². The fourth-order valence-electron chi connectivity index (χ4n) is 1.84. The number of pyridine rings is 1. The average molecular weight is 272 g/mol. The molecule has 0 saturated heterocycles. The van der Waals surface area contributed by atoms with Crippen LogP contribution >= 0.6 is 0 Å². The molecule has 1 aromatic carbocycles. The van der Waals surface area contributed by atoms with Gasteiger partial charge in [-0.15, -0.1) is 0 Å². The first-order valence-electron chi connectivity index (χ1n) is 6.65. The number of hydrogen-bond acceptors (Lipinski definition) is 4. The number of nitrogens with one attached hydrogen (secondary N) is 1. The minimum atomic E-state index is 0.465. The van der Waals surface area contributed by atoms with Crippen LogP contribution in [0, 0.1) is 0 Å². The topological polar surface area (TPSA) is 43.4 Å². The van der Waals surface area contributed by atoms with Crippen molar-refractivity contribution in [3.8, 4) is 5.75 Å². The van der Waals surface area contributed by atoms with Crippen LogP contribution in [-0.2, 0) is 17.8 Å². The predicted molar refractivity (Wildman–Crippen MR) is 80.1 cm³/mol. The maximum Gasteiger partial charge on any atom is 0.130 e. The molecular weight excluding hydrogens is 252 g/mol. The van der Waals surface area contributed by atoms with Crippen molar-refractivity contribution in [1.82, 2.24) is 4.98 Å². The van der Waals surface area contributed by atoms with Crippen LogP contribution in [0.3, 0.4) is 0 Å². The molecule has 4 nitrogen and oxygen atoms in total. The zero-order valence-electron chi connectivity index (χ0n) is 11.9. The van der Waals surface area contributed by atoms with E-state index in [0.29, 0.717) is 6.61 Å². The highest BCUT2D eigenvalue weighted by molar-refractivity contribution is 5.42. The van der Waals surface area contributed by atoms with Gasteiger partial charge in [-0.05, 0) is 36.2 Å². The second-order valence-electron chi connectivity index (χ2n) is 4.46. The van der Waals surface area contributed by atoms with Gasteiger partial charge in [0.15, 0.2) is 0 Å². The van der Waals surface area contributed by atoms with Crippen LogP contribution < -0.4 is 10.1 Å². The number of nitrogens with zero attached hydrogens (tertiary/aromatic N) is 1. The van der Waals surface area contributed by atoms with E-state index in [0.717, 1.165) is 30.2 Å². The van der Waals surface area contributed by atoms with Gasteiger partial charge in [0.25, 0.3) is 0 Å². The van der Waals surface area contributed by atoms with Gasteiger partial charge < -0.3 is 14.8 Å². The number of hydrogen-bond donors (Lipinski definition) is 1. The van der Waals surface area contributed by atoms with Crippen LogP contribution in [0.5, 0.6) is 5.75 Å². The van der Waals surface area contributed by atoms with E-state index in [9.17, 15) is 0 Å². The number of ether oxygens (including phenoxy) is 2. The third-order valence-electron chi connectivity index (χ3n) is 3.01. The third-order valence-corrected chi connectivity index (χ3v) is 3.01. The average Bonchev–Trinajstić information content (AvgIpc) is 2.52. The van der Waals surface area contributed by atoms with E-state index in [1.165, 1.54) is 5.56 Å². The zero-order valence-corrected chi connectivity index (χ0v) is 11.9. The number of benzene rings is 1. The van der Waals surface area contributed by atoms with Crippen LogP contribution in [-0.4, -0.2) is 25.7 Å². The van der Waals surface area contributed by atoms with Gasteiger partial charge in [0.2, 0.25) is 0 Å². The Hall–Kier alpha value is -2.07. The van der Waals surface area contributed by atoms with Crippen LogP contribution in [0.25, 0.3) is 0 Å². The maximum atomic E-state index is 5.73. The molecule has 0 aliphatic carbocycles. The summed E-state index contributed by atoms with van der Waals surface area (Å²) in [5, 5.41) is 3.09. The molecule has 2 rings (SSSR count). The van der Waals surface area contributed by atoms with Crippen molar-refractivity contribution in [2.45, 2.75) is 13.0 Å². The molecule has 0 fully saturated rings. The summed E-state index contributed by atoms with van der Waals surface area (Å²) in [5.74, 6) is 0.850. The van der Waals surface area contributed by atoms with Crippen molar-refractivity contribution in [3.05, 3.63) is 53.9 Å². The molecule has 0 saturated carbocycles. The van der Waals surface area contributed by atoms with E-state index in [1.54, 1.807) is 13.3 Å². The summed E-state index contributed by atoms with van der Waals surface area (Å²) in [4.78, 5) is 4.28. The van der Waals surface area contributed by atoms with Gasteiger partial charge in [0.05, 0.1) is 12.3 Å². The minimum Gasteiger partial charge on any atom is -0.487 e. The monoisotopic (exact) mass is 272 g/mol. The molecule has 0 spiro atoms. The summed E-state index contributed by atoms with van der Waals surface area (Å²) in [5.41, 5.74) is 3.18. The quantitative estimate of drug-likeness (QED) is 0.841. The van der Waals surface area contributed by atoms with Gasteiger partial charge in [-0.2, -0.15) is 0 Å². The summed E-state index contributed by atoms with van der Waals surface area (Å²) >= 11 is 0. The molecule has 0 amide bonds. The molecule has 0 unspecified atom stereocenters. The Labute approximate surface area is 119 Å². The lowest BCUT2D eigenvalue weighted by Crippen LogP contribution is -2.00. The van der Waals surface area contributed by atoms with Crippen molar-refractivity contribution in [2.24, 2.45) is 0 Å². The first kappa shape index (κ1) is 14.3. The Morgan fingerprint density at radius 1 is 1.15 bits per heavy atom. The molecule has 1 heterocycles. The number of anilines is 1. The highest BCUT2D eigenvalue weighted by Crippen LogP contribution is 2.15. The highest BCUT2D eigenvalue weighted by atomic mass is 16.5. The standard InChI is InChI=1S/C16H20N2O2/c1-17-14-7-9-18-15(11-14)12-20-16-5-3-13(4-6-16)8-10-19-2/h3-7,9,11H,8,10,12H2,1-2H3,(H,17,18). The summed E-state index contributed by atoms with van der Waals surface area (Å²) in [6.45, 7) is 1.20. The largest absolute Gasteiger partial charge is 0.487 e. The first-order chi connectivity index (χ1) is 9.81. The van der Waals surface area contributed by atoms with Crippen molar-refractivity contribution < 1.29 is 9.47 Å². The number of methoxy groups -OCH3 is 1. The molecule has 0 aliphatic heterocycles. The summed E-state index contributed by atoms with van der Waals surface area (Å²) < 4.78 is 10.8. The third kappa shape index (κ3) is 4.24. The number of aromatic nitrogens is 1. The molecule has 4 heteroatoms. The van der Waals surface area contributed by atoms with Gasteiger partial charge in [-0.1, -0.05) is 12.1 Å². The van der Waals surface area contributed by atoms with E-state index in [4.69, 9.17) is 9.47 Å². The molecule has 2 aromatic rings. The molecule has 20 heavy (non-hydrogen) atoms. The fraction of sp³-hybridized carbons (Fsp3) is 0.312. The van der Waals surface area contributed by atoms with Crippen LogP contribution in [0.2, 0.25) is 0 Å². The van der Waals surface area contributed by atoms with Crippen molar-refractivity contribution in [1.29, 1.82) is 0 Å². The van der Waals surface area contributed by atoms with Crippen molar-refractivity contribution in [2.75, 3.05) is 26.1 Å².